The lowest BCUT2D eigenvalue weighted by atomic mass is 9.88. The van der Waals surface area contributed by atoms with Crippen LogP contribution in [0.15, 0.2) is 29.2 Å². The Labute approximate surface area is 156 Å². The third-order valence-electron chi connectivity index (χ3n) is 5.39. The van der Waals surface area contributed by atoms with E-state index in [2.05, 4.69) is 48.7 Å². The van der Waals surface area contributed by atoms with E-state index in [9.17, 15) is 4.79 Å². The summed E-state index contributed by atoms with van der Waals surface area (Å²) in [6, 6.07) is 8.78. The molecule has 0 bridgehead atoms. The van der Waals surface area contributed by atoms with E-state index in [1.165, 1.54) is 36.1 Å². The summed E-state index contributed by atoms with van der Waals surface area (Å²) in [6.07, 6.45) is 4.95. The highest BCUT2D eigenvalue weighted by molar-refractivity contribution is 8.00. The number of hydrogen-bond acceptors (Lipinski definition) is 3. The number of hydrogen-bond donors (Lipinski definition) is 2. The van der Waals surface area contributed by atoms with E-state index in [4.69, 9.17) is 0 Å². The molecule has 1 aliphatic heterocycles. The van der Waals surface area contributed by atoms with Gasteiger partial charge >= 0.3 is 0 Å². The lowest BCUT2D eigenvalue weighted by Gasteiger charge is -2.33. The number of carbonyl (C=O) groups is 1. The van der Waals surface area contributed by atoms with Crippen molar-refractivity contribution in [1.82, 2.24) is 10.6 Å². The van der Waals surface area contributed by atoms with Gasteiger partial charge in [0.15, 0.2) is 0 Å². The second-order valence-electron chi connectivity index (χ2n) is 7.23. The van der Waals surface area contributed by atoms with Gasteiger partial charge in [-0.05, 0) is 50.9 Å². The van der Waals surface area contributed by atoms with Gasteiger partial charge in [-0.25, -0.2) is 0 Å². The van der Waals surface area contributed by atoms with Gasteiger partial charge < -0.3 is 10.6 Å². The maximum atomic E-state index is 12.4. The molecule has 1 amide bonds. The Hall–Kier alpha value is -0.710. The first-order chi connectivity index (χ1) is 11.1. The summed E-state index contributed by atoms with van der Waals surface area (Å²) in [5.74, 6) is 0.866. The zero-order valence-electron chi connectivity index (χ0n) is 14.6. The quantitative estimate of drug-likeness (QED) is 0.802. The maximum Gasteiger partial charge on any atom is 0.223 e. The van der Waals surface area contributed by atoms with E-state index >= 15 is 0 Å². The van der Waals surface area contributed by atoms with Crippen LogP contribution in [0.5, 0.6) is 0 Å². The van der Waals surface area contributed by atoms with E-state index in [0.29, 0.717) is 5.92 Å². The molecule has 1 aromatic carbocycles. The molecule has 1 heterocycles. The Kier molecular flexibility index (Phi) is 7.02. The van der Waals surface area contributed by atoms with Gasteiger partial charge in [-0.1, -0.05) is 37.5 Å². The minimum absolute atomic E-state index is 0. The number of halogens is 1. The molecular formula is C19H29ClN2OS. The fourth-order valence-corrected chi connectivity index (χ4v) is 4.89. The standard InChI is InChI=1S/C19H28N2OS.ClH/c1-14-5-7-17(8-6-14)23-19(9-3-4-10-19)13-21-18(22)15(2)16-11-20-12-16;/h5-8,15-16,20H,3-4,9-13H2,1-2H3,(H,21,22);1H. The lowest BCUT2D eigenvalue weighted by molar-refractivity contribution is -0.126. The highest BCUT2D eigenvalue weighted by atomic mass is 35.5. The molecule has 1 unspecified atom stereocenters. The molecule has 5 heteroatoms. The molecule has 1 atom stereocenters. The van der Waals surface area contributed by atoms with Crippen LogP contribution >= 0.6 is 24.2 Å². The fourth-order valence-electron chi connectivity index (χ4n) is 3.48. The zero-order valence-corrected chi connectivity index (χ0v) is 16.3. The molecule has 1 saturated heterocycles. The first-order valence-electron chi connectivity index (χ1n) is 8.82. The molecule has 1 aromatic rings. The lowest BCUT2D eigenvalue weighted by Crippen LogP contribution is -2.51. The van der Waals surface area contributed by atoms with Crippen LogP contribution in [0.3, 0.4) is 0 Å². The van der Waals surface area contributed by atoms with Gasteiger partial charge in [0, 0.05) is 22.1 Å². The SMILES string of the molecule is Cc1ccc(SC2(CNC(=O)C(C)C3CNC3)CCCC2)cc1.Cl. The van der Waals surface area contributed by atoms with Gasteiger partial charge in [0.25, 0.3) is 0 Å². The number of nitrogens with one attached hydrogen (secondary N) is 2. The Morgan fingerprint density at radius 1 is 1.29 bits per heavy atom. The number of amides is 1. The van der Waals surface area contributed by atoms with Crippen LogP contribution in [0.2, 0.25) is 0 Å². The van der Waals surface area contributed by atoms with E-state index in [1.807, 2.05) is 11.8 Å². The monoisotopic (exact) mass is 368 g/mol. The van der Waals surface area contributed by atoms with Crippen molar-refractivity contribution < 1.29 is 4.79 Å². The largest absolute Gasteiger partial charge is 0.354 e. The van der Waals surface area contributed by atoms with Gasteiger partial charge in [0.2, 0.25) is 5.91 Å². The summed E-state index contributed by atoms with van der Waals surface area (Å²) in [5, 5.41) is 6.51. The van der Waals surface area contributed by atoms with E-state index in [1.54, 1.807) is 0 Å². The van der Waals surface area contributed by atoms with Crippen LogP contribution in [-0.2, 0) is 4.79 Å². The molecular weight excluding hydrogens is 340 g/mol. The van der Waals surface area contributed by atoms with E-state index in [-0.39, 0.29) is 29.0 Å². The second-order valence-corrected chi connectivity index (χ2v) is 8.77. The molecule has 0 radical (unpaired) electrons. The summed E-state index contributed by atoms with van der Waals surface area (Å²) in [4.78, 5) is 13.7. The first kappa shape index (κ1) is 19.6. The van der Waals surface area contributed by atoms with Gasteiger partial charge in [0.1, 0.15) is 0 Å². The molecule has 2 N–H and O–H groups in total. The predicted molar refractivity (Wildman–Crippen MR) is 104 cm³/mol. The number of carbonyl (C=O) groups excluding carboxylic acids is 1. The average Bonchev–Trinajstić information content (AvgIpc) is 2.94. The molecule has 0 aromatic heterocycles. The maximum absolute atomic E-state index is 12.4. The summed E-state index contributed by atoms with van der Waals surface area (Å²) < 4.78 is 0.183. The van der Waals surface area contributed by atoms with Crippen LogP contribution in [0.4, 0.5) is 0 Å². The number of aryl methyl sites for hydroxylation is 1. The number of benzene rings is 1. The molecule has 2 aliphatic rings. The molecule has 3 nitrogen and oxygen atoms in total. The molecule has 2 fully saturated rings. The van der Waals surface area contributed by atoms with Crippen LogP contribution < -0.4 is 10.6 Å². The fraction of sp³-hybridized carbons (Fsp3) is 0.632. The number of thioether (sulfide) groups is 1. The highest BCUT2D eigenvalue weighted by Gasteiger charge is 2.36. The molecule has 1 aliphatic carbocycles. The minimum atomic E-state index is 0. The topological polar surface area (TPSA) is 41.1 Å². The Morgan fingerprint density at radius 2 is 1.92 bits per heavy atom. The molecule has 134 valence electrons. The second kappa shape index (κ2) is 8.59. The average molecular weight is 369 g/mol. The van der Waals surface area contributed by atoms with Gasteiger partial charge in [-0.3, -0.25) is 4.79 Å². The smallest absolute Gasteiger partial charge is 0.223 e. The van der Waals surface area contributed by atoms with Gasteiger partial charge in [0.05, 0.1) is 0 Å². The Bertz CT molecular complexity index is 539. The summed E-state index contributed by atoms with van der Waals surface area (Å²) in [6.45, 7) is 6.95. The molecule has 0 spiro atoms. The van der Waals surface area contributed by atoms with Crippen molar-refractivity contribution in [2.45, 2.75) is 49.2 Å². The third kappa shape index (κ3) is 4.68. The summed E-state index contributed by atoms with van der Waals surface area (Å²) in [7, 11) is 0. The normalized spacial score (nSPS) is 20.8. The molecule has 3 rings (SSSR count). The van der Waals surface area contributed by atoms with E-state index in [0.717, 1.165) is 19.6 Å². The number of rotatable bonds is 6. The highest BCUT2D eigenvalue weighted by Crippen LogP contribution is 2.45. The Morgan fingerprint density at radius 3 is 2.46 bits per heavy atom. The van der Waals surface area contributed by atoms with Crippen molar-refractivity contribution in [1.29, 1.82) is 0 Å². The summed E-state index contributed by atoms with van der Waals surface area (Å²) in [5.41, 5.74) is 1.30. The van der Waals surface area contributed by atoms with Gasteiger partial charge in [-0.2, -0.15) is 0 Å². The molecule has 1 saturated carbocycles. The van der Waals surface area contributed by atoms with E-state index < -0.39 is 0 Å². The first-order valence-corrected chi connectivity index (χ1v) is 9.64. The Balaban J connectivity index is 0.00000208. The zero-order chi connectivity index (χ0) is 16.3. The van der Waals surface area contributed by atoms with Gasteiger partial charge in [-0.15, -0.1) is 24.2 Å². The molecule has 24 heavy (non-hydrogen) atoms. The van der Waals surface area contributed by atoms with Crippen molar-refractivity contribution in [2.75, 3.05) is 19.6 Å². The predicted octanol–water partition coefficient (Wildman–Crippen LogP) is 3.79. The third-order valence-corrected chi connectivity index (χ3v) is 6.88. The van der Waals surface area contributed by atoms with Crippen molar-refractivity contribution in [3.05, 3.63) is 29.8 Å². The van der Waals surface area contributed by atoms with Crippen LogP contribution in [0.25, 0.3) is 0 Å². The minimum Gasteiger partial charge on any atom is -0.354 e. The van der Waals surface area contributed by atoms with Crippen molar-refractivity contribution >= 4 is 30.1 Å². The van der Waals surface area contributed by atoms with Crippen molar-refractivity contribution in [3.8, 4) is 0 Å². The van der Waals surface area contributed by atoms with Crippen LogP contribution in [-0.4, -0.2) is 30.3 Å². The summed E-state index contributed by atoms with van der Waals surface area (Å²) >= 11 is 1.96. The van der Waals surface area contributed by atoms with Crippen LogP contribution in [0, 0.1) is 18.8 Å². The van der Waals surface area contributed by atoms with Crippen LogP contribution in [0.1, 0.15) is 38.2 Å². The van der Waals surface area contributed by atoms with Crippen molar-refractivity contribution in [2.24, 2.45) is 11.8 Å². The van der Waals surface area contributed by atoms with Crippen molar-refractivity contribution in [3.63, 3.8) is 0 Å².